The van der Waals surface area contributed by atoms with Gasteiger partial charge in [0.05, 0.1) is 19.6 Å². The Hall–Kier alpha value is -2.61. The first-order valence-corrected chi connectivity index (χ1v) is 6.32. The van der Waals surface area contributed by atoms with Crippen molar-refractivity contribution in [3.8, 4) is 22.9 Å². The third kappa shape index (κ3) is 3.23. The van der Waals surface area contributed by atoms with Crippen LogP contribution in [0.2, 0.25) is 0 Å². The number of rotatable bonds is 5. The lowest BCUT2D eigenvalue weighted by molar-refractivity contribution is 0.412. The predicted octanol–water partition coefficient (Wildman–Crippen LogP) is 2.79. The lowest BCUT2D eigenvalue weighted by atomic mass is 10.1. The number of benzene rings is 1. The standard InChI is InChI=1S/C15H16N4O/c1-11-8-12(4-5-14(11)20-2)13-9-18-15(19-10-13)17-7-3-6-16/h4-5,8-10H,3,7H2,1-2H3,(H,17,18,19). The van der Waals surface area contributed by atoms with E-state index in [1.807, 2.05) is 25.1 Å². The smallest absolute Gasteiger partial charge is 0.222 e. The van der Waals surface area contributed by atoms with E-state index in [9.17, 15) is 0 Å². The summed E-state index contributed by atoms with van der Waals surface area (Å²) >= 11 is 0. The molecule has 1 heterocycles. The molecule has 5 heteroatoms. The van der Waals surface area contributed by atoms with Crippen molar-refractivity contribution in [2.45, 2.75) is 13.3 Å². The van der Waals surface area contributed by atoms with Crippen molar-refractivity contribution in [2.24, 2.45) is 0 Å². The molecule has 0 aliphatic heterocycles. The molecule has 0 saturated carbocycles. The molecule has 0 bridgehead atoms. The van der Waals surface area contributed by atoms with Crippen LogP contribution in [0.5, 0.6) is 5.75 Å². The number of nitrogens with zero attached hydrogens (tertiary/aromatic N) is 3. The Morgan fingerprint density at radius 3 is 2.60 bits per heavy atom. The fourth-order valence-corrected chi connectivity index (χ4v) is 1.86. The van der Waals surface area contributed by atoms with Gasteiger partial charge < -0.3 is 10.1 Å². The third-order valence-corrected chi connectivity index (χ3v) is 2.90. The number of ether oxygens (including phenoxy) is 1. The molecule has 1 aromatic heterocycles. The first kappa shape index (κ1) is 13.8. The van der Waals surface area contributed by atoms with Crippen LogP contribution in [0.3, 0.4) is 0 Å². The van der Waals surface area contributed by atoms with E-state index in [0.29, 0.717) is 18.9 Å². The van der Waals surface area contributed by atoms with Crippen molar-refractivity contribution in [3.63, 3.8) is 0 Å². The predicted molar refractivity (Wildman–Crippen MR) is 77.5 cm³/mol. The molecule has 0 amide bonds. The van der Waals surface area contributed by atoms with Gasteiger partial charge in [-0.15, -0.1) is 0 Å². The van der Waals surface area contributed by atoms with Gasteiger partial charge in [0.2, 0.25) is 5.95 Å². The Morgan fingerprint density at radius 1 is 1.25 bits per heavy atom. The van der Waals surface area contributed by atoms with E-state index in [0.717, 1.165) is 22.4 Å². The summed E-state index contributed by atoms with van der Waals surface area (Å²) in [5, 5.41) is 11.5. The average Bonchev–Trinajstić information content (AvgIpc) is 2.48. The summed E-state index contributed by atoms with van der Waals surface area (Å²) in [7, 11) is 1.66. The molecule has 5 nitrogen and oxygen atoms in total. The highest BCUT2D eigenvalue weighted by Crippen LogP contribution is 2.25. The lowest BCUT2D eigenvalue weighted by Gasteiger charge is -2.08. The quantitative estimate of drug-likeness (QED) is 0.844. The second-order valence-corrected chi connectivity index (χ2v) is 4.31. The van der Waals surface area contributed by atoms with E-state index in [1.165, 1.54) is 0 Å². The molecule has 20 heavy (non-hydrogen) atoms. The van der Waals surface area contributed by atoms with Crippen molar-refractivity contribution in [2.75, 3.05) is 19.0 Å². The topological polar surface area (TPSA) is 70.8 Å². The monoisotopic (exact) mass is 268 g/mol. The van der Waals surface area contributed by atoms with Gasteiger partial charge in [0.1, 0.15) is 5.75 Å². The van der Waals surface area contributed by atoms with Gasteiger partial charge in [0, 0.05) is 24.5 Å². The first-order chi connectivity index (χ1) is 9.74. The van der Waals surface area contributed by atoms with Gasteiger partial charge in [-0.05, 0) is 30.2 Å². The summed E-state index contributed by atoms with van der Waals surface area (Å²) in [5.74, 6) is 1.40. The van der Waals surface area contributed by atoms with Crippen molar-refractivity contribution in [1.82, 2.24) is 9.97 Å². The van der Waals surface area contributed by atoms with Gasteiger partial charge in [-0.1, -0.05) is 6.07 Å². The zero-order chi connectivity index (χ0) is 14.4. The van der Waals surface area contributed by atoms with Crippen LogP contribution in [-0.2, 0) is 0 Å². The SMILES string of the molecule is COc1ccc(-c2cnc(NCCC#N)nc2)cc1C. The van der Waals surface area contributed by atoms with E-state index in [4.69, 9.17) is 10.00 Å². The van der Waals surface area contributed by atoms with Crippen LogP contribution < -0.4 is 10.1 Å². The van der Waals surface area contributed by atoms with E-state index in [2.05, 4.69) is 21.4 Å². The molecule has 1 N–H and O–H groups in total. The minimum absolute atomic E-state index is 0.433. The van der Waals surface area contributed by atoms with E-state index in [-0.39, 0.29) is 0 Å². The highest BCUT2D eigenvalue weighted by molar-refractivity contribution is 5.64. The van der Waals surface area contributed by atoms with Crippen molar-refractivity contribution < 1.29 is 4.74 Å². The minimum Gasteiger partial charge on any atom is -0.496 e. The van der Waals surface area contributed by atoms with Crippen LogP contribution >= 0.6 is 0 Å². The van der Waals surface area contributed by atoms with Crippen LogP contribution in [0.25, 0.3) is 11.1 Å². The number of aromatic nitrogens is 2. The van der Waals surface area contributed by atoms with Crippen LogP contribution in [0.4, 0.5) is 5.95 Å². The molecule has 0 saturated heterocycles. The molecule has 0 aliphatic carbocycles. The third-order valence-electron chi connectivity index (χ3n) is 2.90. The number of nitriles is 1. The van der Waals surface area contributed by atoms with E-state index < -0.39 is 0 Å². The largest absolute Gasteiger partial charge is 0.496 e. The lowest BCUT2D eigenvalue weighted by Crippen LogP contribution is -2.04. The summed E-state index contributed by atoms with van der Waals surface area (Å²) in [6, 6.07) is 8.02. The van der Waals surface area contributed by atoms with Crippen molar-refractivity contribution in [1.29, 1.82) is 5.26 Å². The Balaban J connectivity index is 2.13. The molecule has 2 aromatic rings. The van der Waals surface area contributed by atoms with Gasteiger partial charge in [-0.25, -0.2) is 9.97 Å². The highest BCUT2D eigenvalue weighted by Gasteiger charge is 2.04. The molecule has 1 aromatic carbocycles. The first-order valence-electron chi connectivity index (χ1n) is 6.32. The van der Waals surface area contributed by atoms with E-state index >= 15 is 0 Å². The number of nitrogens with one attached hydrogen (secondary N) is 1. The molecule has 0 atom stereocenters. The number of hydrogen-bond acceptors (Lipinski definition) is 5. The molecule has 0 unspecified atom stereocenters. The normalized spacial score (nSPS) is 9.85. The van der Waals surface area contributed by atoms with Crippen LogP contribution in [0.1, 0.15) is 12.0 Å². The molecular weight excluding hydrogens is 252 g/mol. The Bertz CT molecular complexity index is 617. The fraction of sp³-hybridized carbons (Fsp3) is 0.267. The summed E-state index contributed by atoms with van der Waals surface area (Å²) in [5.41, 5.74) is 3.06. The average molecular weight is 268 g/mol. The van der Waals surface area contributed by atoms with Gasteiger partial charge in [-0.2, -0.15) is 5.26 Å². The molecule has 0 aliphatic rings. The molecule has 0 fully saturated rings. The molecule has 0 radical (unpaired) electrons. The number of methoxy groups -OCH3 is 1. The Labute approximate surface area is 118 Å². The number of anilines is 1. The minimum atomic E-state index is 0.433. The second-order valence-electron chi connectivity index (χ2n) is 4.31. The summed E-state index contributed by atoms with van der Waals surface area (Å²) in [6.45, 7) is 2.55. The number of aryl methyl sites for hydroxylation is 1. The molecular formula is C15H16N4O. The molecule has 2 rings (SSSR count). The maximum atomic E-state index is 8.46. The summed E-state index contributed by atoms with van der Waals surface area (Å²) < 4.78 is 5.24. The van der Waals surface area contributed by atoms with E-state index in [1.54, 1.807) is 19.5 Å². The zero-order valence-electron chi connectivity index (χ0n) is 11.6. The van der Waals surface area contributed by atoms with Gasteiger partial charge in [-0.3, -0.25) is 0 Å². The second kappa shape index (κ2) is 6.53. The van der Waals surface area contributed by atoms with Crippen LogP contribution in [0.15, 0.2) is 30.6 Å². The van der Waals surface area contributed by atoms with Crippen LogP contribution in [-0.4, -0.2) is 23.6 Å². The molecule has 0 spiro atoms. The fourth-order valence-electron chi connectivity index (χ4n) is 1.86. The maximum absolute atomic E-state index is 8.46. The van der Waals surface area contributed by atoms with Gasteiger partial charge >= 0.3 is 0 Å². The zero-order valence-corrected chi connectivity index (χ0v) is 11.6. The summed E-state index contributed by atoms with van der Waals surface area (Å²) in [6.07, 6.45) is 3.97. The summed E-state index contributed by atoms with van der Waals surface area (Å²) in [4.78, 5) is 8.47. The van der Waals surface area contributed by atoms with Crippen molar-refractivity contribution in [3.05, 3.63) is 36.2 Å². The highest BCUT2D eigenvalue weighted by atomic mass is 16.5. The number of hydrogen-bond donors (Lipinski definition) is 1. The Kier molecular flexibility index (Phi) is 4.51. The van der Waals surface area contributed by atoms with Crippen LogP contribution in [0, 0.1) is 18.3 Å². The Morgan fingerprint density at radius 2 is 2.00 bits per heavy atom. The van der Waals surface area contributed by atoms with Gasteiger partial charge in [0.25, 0.3) is 0 Å². The maximum Gasteiger partial charge on any atom is 0.222 e. The molecule has 102 valence electrons. The van der Waals surface area contributed by atoms with Crippen molar-refractivity contribution >= 4 is 5.95 Å². The van der Waals surface area contributed by atoms with Gasteiger partial charge in [0.15, 0.2) is 0 Å².